The molecule has 0 aliphatic rings. The Hall–Kier alpha value is -4.79. The number of nitrogens with one attached hydrogen (secondary N) is 2. The number of nitrogens with zero attached hydrogens (tertiary/aromatic N) is 2. The summed E-state index contributed by atoms with van der Waals surface area (Å²) in [5.41, 5.74) is 3.61. The Morgan fingerprint density at radius 2 is 1.49 bits per heavy atom. The predicted octanol–water partition coefficient (Wildman–Crippen LogP) is 3.22. The summed E-state index contributed by atoms with van der Waals surface area (Å²) in [5.74, 6) is -1.93. The minimum Gasteiger partial charge on any atom is -0.451 e. The first kappa shape index (κ1) is 25.3. The molecule has 0 saturated heterocycles. The highest BCUT2D eigenvalue weighted by atomic mass is 16.5. The number of fused-ring (bicyclic) bond motifs is 1. The van der Waals surface area contributed by atoms with Crippen LogP contribution in [0.5, 0.6) is 0 Å². The van der Waals surface area contributed by atoms with Crippen LogP contribution in [0.2, 0.25) is 0 Å². The van der Waals surface area contributed by atoms with Crippen LogP contribution in [-0.4, -0.2) is 40.7 Å². The fraction of sp³-hybridized carbons (Fsp3) is 0.179. The van der Waals surface area contributed by atoms with Crippen LogP contribution in [0.25, 0.3) is 16.5 Å². The van der Waals surface area contributed by atoms with Crippen molar-refractivity contribution < 1.29 is 19.1 Å². The highest BCUT2D eigenvalue weighted by Gasteiger charge is 2.20. The van der Waals surface area contributed by atoms with Gasteiger partial charge in [0.05, 0.1) is 17.6 Å². The number of ether oxygens (including phenoxy) is 1. The normalized spacial score (nSPS) is 10.7. The summed E-state index contributed by atoms with van der Waals surface area (Å²) in [7, 11) is 0. The molecule has 0 spiro atoms. The van der Waals surface area contributed by atoms with Gasteiger partial charge in [-0.2, -0.15) is 9.78 Å². The zero-order chi connectivity index (χ0) is 26.5. The van der Waals surface area contributed by atoms with E-state index in [1.54, 1.807) is 54.6 Å². The van der Waals surface area contributed by atoms with Crippen LogP contribution in [0.3, 0.4) is 0 Å². The second-order valence-electron chi connectivity index (χ2n) is 8.62. The Morgan fingerprint density at radius 1 is 0.865 bits per heavy atom. The Balaban J connectivity index is 1.43. The monoisotopic (exact) mass is 498 g/mol. The van der Waals surface area contributed by atoms with E-state index in [4.69, 9.17) is 4.74 Å². The van der Waals surface area contributed by atoms with E-state index in [0.29, 0.717) is 16.8 Å². The fourth-order valence-corrected chi connectivity index (χ4v) is 4.07. The van der Waals surface area contributed by atoms with Crippen molar-refractivity contribution in [2.75, 3.05) is 18.5 Å². The molecule has 1 heterocycles. The first-order chi connectivity index (χ1) is 17.7. The van der Waals surface area contributed by atoms with Gasteiger partial charge in [0, 0.05) is 11.1 Å². The van der Waals surface area contributed by atoms with E-state index >= 15 is 0 Å². The SMILES string of the molecule is Cc1cc(C)c(NC(=O)CNC(=O)COC(=O)c2nn(-c3ccccc3)c(=O)c3ccccc23)c(C)c1. The standard InChI is InChI=1S/C28H26N4O5/c1-17-13-18(2)25(19(3)14-17)30-23(33)15-29-24(34)16-37-28(36)26-21-11-7-8-12-22(21)27(35)32(31-26)20-9-5-4-6-10-20/h4-14H,15-16H2,1-3H3,(H,29,34)(H,30,33). The third-order valence-corrected chi connectivity index (χ3v) is 5.72. The topological polar surface area (TPSA) is 119 Å². The van der Waals surface area contributed by atoms with Gasteiger partial charge in [0.15, 0.2) is 12.3 Å². The number of rotatable bonds is 7. The molecule has 0 radical (unpaired) electrons. The molecule has 9 nitrogen and oxygen atoms in total. The summed E-state index contributed by atoms with van der Waals surface area (Å²) in [4.78, 5) is 50.5. The summed E-state index contributed by atoms with van der Waals surface area (Å²) in [5, 5.41) is 10.1. The quantitative estimate of drug-likeness (QED) is 0.378. The van der Waals surface area contributed by atoms with Crippen LogP contribution in [0.15, 0.2) is 71.5 Å². The minimum absolute atomic E-state index is 0.102. The number of aryl methyl sites for hydroxylation is 3. The predicted molar refractivity (Wildman–Crippen MR) is 140 cm³/mol. The number of aromatic nitrogens is 2. The van der Waals surface area contributed by atoms with Gasteiger partial charge in [0.1, 0.15) is 0 Å². The number of anilines is 1. The number of hydrogen-bond acceptors (Lipinski definition) is 6. The lowest BCUT2D eigenvalue weighted by molar-refractivity contribution is -0.126. The zero-order valence-corrected chi connectivity index (χ0v) is 20.7. The van der Waals surface area contributed by atoms with Crippen LogP contribution in [0.1, 0.15) is 27.2 Å². The molecule has 0 fully saturated rings. The molecular weight excluding hydrogens is 472 g/mol. The molecule has 0 unspecified atom stereocenters. The van der Waals surface area contributed by atoms with E-state index in [1.807, 2.05) is 32.9 Å². The molecule has 3 aromatic carbocycles. The second-order valence-corrected chi connectivity index (χ2v) is 8.62. The maximum Gasteiger partial charge on any atom is 0.359 e. The van der Waals surface area contributed by atoms with Crippen LogP contribution in [-0.2, 0) is 14.3 Å². The first-order valence-electron chi connectivity index (χ1n) is 11.6. The van der Waals surface area contributed by atoms with E-state index in [2.05, 4.69) is 15.7 Å². The van der Waals surface area contributed by atoms with Gasteiger partial charge in [-0.25, -0.2) is 4.79 Å². The summed E-state index contributed by atoms with van der Waals surface area (Å²) in [6, 6.07) is 19.1. The lowest BCUT2D eigenvalue weighted by atomic mass is 10.1. The molecule has 4 rings (SSSR count). The van der Waals surface area contributed by atoms with E-state index < -0.39 is 24.4 Å². The number of hydrogen-bond donors (Lipinski definition) is 2. The molecule has 0 aliphatic heterocycles. The smallest absolute Gasteiger partial charge is 0.359 e. The third kappa shape index (κ3) is 5.72. The van der Waals surface area contributed by atoms with Crippen molar-refractivity contribution in [3.05, 3.63) is 99.5 Å². The second kappa shape index (κ2) is 10.9. The maximum absolute atomic E-state index is 13.0. The lowest BCUT2D eigenvalue weighted by Gasteiger charge is -2.13. The van der Waals surface area contributed by atoms with Crippen LogP contribution < -0.4 is 16.2 Å². The average Bonchev–Trinajstić information content (AvgIpc) is 2.89. The van der Waals surface area contributed by atoms with E-state index in [0.717, 1.165) is 21.4 Å². The van der Waals surface area contributed by atoms with Crippen LogP contribution in [0.4, 0.5) is 5.69 Å². The van der Waals surface area contributed by atoms with Gasteiger partial charge in [-0.05, 0) is 50.1 Å². The Labute approximate surface area is 213 Å². The summed E-state index contributed by atoms with van der Waals surface area (Å²) in [6.07, 6.45) is 0. The van der Waals surface area contributed by atoms with Gasteiger partial charge in [-0.3, -0.25) is 14.4 Å². The van der Waals surface area contributed by atoms with Crippen molar-refractivity contribution >= 4 is 34.2 Å². The van der Waals surface area contributed by atoms with Crippen molar-refractivity contribution in [3.63, 3.8) is 0 Å². The van der Waals surface area contributed by atoms with Gasteiger partial charge < -0.3 is 15.4 Å². The fourth-order valence-electron chi connectivity index (χ4n) is 4.07. The molecule has 2 N–H and O–H groups in total. The largest absolute Gasteiger partial charge is 0.451 e. The lowest BCUT2D eigenvalue weighted by Crippen LogP contribution is -2.36. The number of benzene rings is 3. The molecule has 0 bridgehead atoms. The van der Waals surface area contributed by atoms with E-state index in [9.17, 15) is 19.2 Å². The summed E-state index contributed by atoms with van der Waals surface area (Å²) >= 11 is 0. The summed E-state index contributed by atoms with van der Waals surface area (Å²) in [6.45, 7) is 4.86. The van der Waals surface area contributed by atoms with Crippen molar-refractivity contribution in [2.45, 2.75) is 20.8 Å². The average molecular weight is 499 g/mol. The number of amides is 2. The van der Waals surface area contributed by atoms with Crippen molar-refractivity contribution in [1.29, 1.82) is 0 Å². The Bertz CT molecular complexity index is 1540. The molecule has 9 heteroatoms. The third-order valence-electron chi connectivity index (χ3n) is 5.72. The number of esters is 1. The van der Waals surface area contributed by atoms with Crippen molar-refractivity contribution in [2.24, 2.45) is 0 Å². The van der Waals surface area contributed by atoms with Gasteiger partial charge in [-0.1, -0.05) is 54.1 Å². The molecular formula is C28H26N4O5. The highest BCUT2D eigenvalue weighted by molar-refractivity contribution is 6.03. The molecule has 188 valence electrons. The van der Waals surface area contributed by atoms with E-state index in [1.165, 1.54) is 0 Å². The first-order valence-corrected chi connectivity index (χ1v) is 11.6. The highest BCUT2D eigenvalue weighted by Crippen LogP contribution is 2.21. The number of carbonyl (C=O) groups excluding carboxylic acids is 3. The molecule has 4 aromatic rings. The number of carbonyl (C=O) groups is 3. The molecule has 1 aromatic heterocycles. The molecule has 0 atom stereocenters. The number of para-hydroxylation sites is 1. The minimum atomic E-state index is -0.869. The Morgan fingerprint density at radius 3 is 2.16 bits per heavy atom. The van der Waals surface area contributed by atoms with Crippen molar-refractivity contribution in [1.82, 2.24) is 15.1 Å². The van der Waals surface area contributed by atoms with E-state index in [-0.39, 0.29) is 23.2 Å². The molecule has 0 saturated carbocycles. The van der Waals surface area contributed by atoms with Gasteiger partial charge in [0.25, 0.3) is 11.5 Å². The molecule has 37 heavy (non-hydrogen) atoms. The molecule has 0 aliphatic carbocycles. The van der Waals surface area contributed by atoms with Gasteiger partial charge in [-0.15, -0.1) is 0 Å². The maximum atomic E-state index is 13.0. The van der Waals surface area contributed by atoms with Crippen molar-refractivity contribution in [3.8, 4) is 5.69 Å². The zero-order valence-electron chi connectivity index (χ0n) is 20.7. The summed E-state index contributed by atoms with van der Waals surface area (Å²) < 4.78 is 6.29. The van der Waals surface area contributed by atoms with Crippen LogP contribution >= 0.6 is 0 Å². The van der Waals surface area contributed by atoms with Gasteiger partial charge >= 0.3 is 5.97 Å². The van der Waals surface area contributed by atoms with Gasteiger partial charge in [0.2, 0.25) is 5.91 Å². The Kier molecular flexibility index (Phi) is 7.43. The van der Waals surface area contributed by atoms with Crippen LogP contribution in [0, 0.1) is 20.8 Å². The molecule has 2 amide bonds.